The van der Waals surface area contributed by atoms with Gasteiger partial charge in [-0.2, -0.15) is 0 Å². The first-order valence-electron chi connectivity index (χ1n) is 13.1. The molecule has 0 radical (unpaired) electrons. The molecular formula is C25H32Cl2O13P2. The number of hydrogen-bond acceptors (Lipinski definition) is 13. The quantitative estimate of drug-likeness (QED) is 0.258. The normalized spacial score (nSPS) is 36.7. The van der Waals surface area contributed by atoms with Crippen molar-refractivity contribution in [1.29, 1.82) is 0 Å². The van der Waals surface area contributed by atoms with Gasteiger partial charge in [0.1, 0.15) is 0 Å². The summed E-state index contributed by atoms with van der Waals surface area (Å²) in [7, 11) is -8.63. The van der Waals surface area contributed by atoms with Crippen LogP contribution in [0.5, 0.6) is 0 Å². The van der Waals surface area contributed by atoms with Crippen molar-refractivity contribution < 1.29 is 61.8 Å². The Labute approximate surface area is 252 Å². The third-order valence-electron chi connectivity index (χ3n) is 6.94. The molecule has 0 aliphatic carbocycles. The van der Waals surface area contributed by atoms with Crippen LogP contribution in [0.3, 0.4) is 0 Å². The van der Waals surface area contributed by atoms with Crippen molar-refractivity contribution in [2.24, 2.45) is 0 Å². The van der Waals surface area contributed by atoms with Gasteiger partial charge in [-0.3, -0.25) is 0 Å². The van der Waals surface area contributed by atoms with Crippen LogP contribution in [-0.2, 0) is 36.4 Å². The Morgan fingerprint density at radius 1 is 0.952 bits per heavy atom. The maximum absolute atomic E-state index is 13.3. The van der Waals surface area contributed by atoms with Crippen molar-refractivity contribution in [2.75, 3.05) is 19.8 Å². The summed E-state index contributed by atoms with van der Waals surface area (Å²) in [6.07, 6.45) is -11.3. The van der Waals surface area contributed by atoms with E-state index in [0.717, 1.165) is 0 Å². The summed E-state index contributed by atoms with van der Waals surface area (Å²) in [4.78, 5) is 10.9. The fraction of sp³-hybridized carbons (Fsp3) is 0.520. The number of benzene rings is 2. The Hall–Kier alpha value is -0.800. The molecule has 0 unspecified atom stereocenters. The number of hydrogen-bond donors (Lipinski definition) is 5. The third-order valence-corrected chi connectivity index (χ3v) is 10.6. The molecule has 3 aliphatic rings. The summed E-state index contributed by atoms with van der Waals surface area (Å²) in [6.45, 7) is -0.587. The van der Waals surface area contributed by atoms with E-state index in [9.17, 15) is 29.9 Å². The molecule has 0 aromatic heterocycles. The predicted molar refractivity (Wildman–Crippen MR) is 150 cm³/mol. The van der Waals surface area contributed by atoms with Crippen LogP contribution in [-0.4, -0.2) is 82.0 Å². The topological polar surface area (TPSA) is 183 Å². The minimum atomic E-state index is -4.36. The van der Waals surface area contributed by atoms with Crippen LogP contribution < -0.4 is 0 Å². The van der Waals surface area contributed by atoms with Crippen molar-refractivity contribution in [3.05, 3.63) is 69.7 Å². The molecule has 5 N–H and O–H groups in total. The van der Waals surface area contributed by atoms with Gasteiger partial charge in [0, 0.05) is 5.02 Å². The molecule has 5 rings (SSSR count). The van der Waals surface area contributed by atoms with Gasteiger partial charge in [-0.1, -0.05) is 17.7 Å². The van der Waals surface area contributed by atoms with E-state index in [2.05, 4.69) is 0 Å². The molecule has 3 saturated heterocycles. The van der Waals surface area contributed by atoms with Gasteiger partial charge in [-0.25, -0.2) is 0 Å². The van der Waals surface area contributed by atoms with Crippen LogP contribution in [0.4, 0.5) is 0 Å². The Kier molecular flexibility index (Phi) is 10.6. The SMILES string of the molecule is O=[P@@]1(O[C@@H]2O[C@H]([C@H](O)CO[PH]3(O)OCC[C@@H](c4cccc(Cl)c4)O3)[C@@H](O)[C@H](O)[C@@H]2O)OCC[C@H](c2cccc(Cl)c2)O1. The molecule has 42 heavy (non-hydrogen) atoms. The number of phosphoric ester groups is 1. The average Bonchev–Trinajstić information content (AvgIpc) is 2.96. The second-order valence-electron chi connectivity index (χ2n) is 9.97. The fourth-order valence-corrected chi connectivity index (χ4v) is 8.23. The standard InChI is InChI=1S/C25H32Cl2O13P2/c26-16-5-1-3-14(11-16)19-7-9-34-41(32,38-19)36-13-18(28)24-22(30)21(29)23(31)25(37-24)40-42(33)35-10-8-20(39-42)15-4-2-6-17(27)12-15/h1-6,11-12,18-25,28-32,41H,7-10,13H2/t18-,19+,20-,21+,22+,23+,24-,25+,42-/m1/s1. The average molecular weight is 673 g/mol. The van der Waals surface area contributed by atoms with Crippen LogP contribution in [0, 0.1) is 0 Å². The van der Waals surface area contributed by atoms with Gasteiger partial charge in [0.25, 0.3) is 0 Å². The van der Waals surface area contributed by atoms with Crippen molar-refractivity contribution in [3.63, 3.8) is 0 Å². The molecule has 3 aliphatic heterocycles. The van der Waals surface area contributed by atoms with Crippen LogP contribution in [0.2, 0.25) is 10.0 Å². The Bertz CT molecular complexity index is 1280. The molecule has 3 fully saturated rings. The van der Waals surface area contributed by atoms with Crippen molar-refractivity contribution >= 4 is 39.2 Å². The molecule has 0 bridgehead atoms. The Morgan fingerprint density at radius 2 is 1.60 bits per heavy atom. The molecule has 13 nitrogen and oxygen atoms in total. The van der Waals surface area contributed by atoms with E-state index < -0.39 is 71.6 Å². The molecule has 3 heterocycles. The number of ether oxygens (including phenoxy) is 1. The maximum atomic E-state index is 13.3. The molecule has 234 valence electrons. The number of phosphoric acid groups is 1. The summed E-state index contributed by atoms with van der Waals surface area (Å²) in [6, 6.07) is 13.6. The van der Waals surface area contributed by atoms with Crippen molar-refractivity contribution in [3.8, 4) is 0 Å². The summed E-state index contributed by atoms with van der Waals surface area (Å²) < 4.78 is 51.5. The van der Waals surface area contributed by atoms with Gasteiger partial charge in [0.2, 0.25) is 0 Å². The zero-order valence-corrected chi connectivity index (χ0v) is 25.4. The van der Waals surface area contributed by atoms with Crippen LogP contribution in [0.25, 0.3) is 0 Å². The summed E-state index contributed by atoms with van der Waals surface area (Å²) in [5.41, 5.74) is 1.32. The molecule has 17 heteroatoms. The molecule has 9 atom stereocenters. The molecule has 2 aromatic rings. The van der Waals surface area contributed by atoms with E-state index in [0.29, 0.717) is 34.0 Å². The molecule has 0 saturated carbocycles. The van der Waals surface area contributed by atoms with E-state index in [1.54, 1.807) is 48.5 Å². The first-order chi connectivity index (χ1) is 20.0. The van der Waals surface area contributed by atoms with Crippen LogP contribution in [0.1, 0.15) is 36.2 Å². The Balaban J connectivity index is 1.22. The second-order valence-corrected chi connectivity index (χ2v) is 14.3. The number of aliphatic hydroxyl groups is 4. The zero-order chi connectivity index (χ0) is 30.1. The summed E-state index contributed by atoms with van der Waals surface area (Å²) in [5, 5.41) is 43.2. The van der Waals surface area contributed by atoms with Gasteiger partial charge in [0.15, 0.2) is 0 Å². The second kappa shape index (κ2) is 13.7. The van der Waals surface area contributed by atoms with E-state index in [1.807, 2.05) is 0 Å². The molecule has 2 aromatic carbocycles. The molecular weight excluding hydrogens is 641 g/mol. The van der Waals surface area contributed by atoms with E-state index >= 15 is 0 Å². The van der Waals surface area contributed by atoms with E-state index in [-0.39, 0.29) is 13.2 Å². The first-order valence-corrected chi connectivity index (χ1v) is 17.0. The molecule has 0 amide bonds. The zero-order valence-electron chi connectivity index (χ0n) is 22.0. The number of halogens is 2. The van der Waals surface area contributed by atoms with Gasteiger partial charge >= 0.3 is 224 Å². The van der Waals surface area contributed by atoms with Crippen molar-refractivity contribution in [1.82, 2.24) is 0 Å². The van der Waals surface area contributed by atoms with Crippen LogP contribution in [0.15, 0.2) is 48.5 Å². The van der Waals surface area contributed by atoms with E-state index in [1.165, 1.54) is 0 Å². The molecule has 0 spiro atoms. The van der Waals surface area contributed by atoms with Gasteiger partial charge in [-0.15, -0.1) is 0 Å². The predicted octanol–water partition coefficient (Wildman–Crippen LogP) is 3.36. The number of rotatable bonds is 8. The first kappa shape index (κ1) is 32.6. The van der Waals surface area contributed by atoms with Gasteiger partial charge in [-0.05, 0) is 6.07 Å². The van der Waals surface area contributed by atoms with E-state index in [4.69, 9.17) is 55.1 Å². The Morgan fingerprint density at radius 3 is 2.26 bits per heavy atom. The third kappa shape index (κ3) is 7.70. The van der Waals surface area contributed by atoms with Gasteiger partial charge < -0.3 is 0 Å². The van der Waals surface area contributed by atoms with Crippen LogP contribution >= 0.6 is 39.2 Å². The fourth-order valence-electron chi connectivity index (χ4n) is 4.78. The monoisotopic (exact) mass is 672 g/mol. The summed E-state index contributed by atoms with van der Waals surface area (Å²) in [5.74, 6) is 0. The minimum absolute atomic E-state index is 0.0261. The van der Waals surface area contributed by atoms with Crippen molar-refractivity contribution in [2.45, 2.75) is 61.9 Å². The number of aliphatic hydroxyl groups excluding tert-OH is 4. The van der Waals surface area contributed by atoms with Gasteiger partial charge in [0.05, 0.1) is 0 Å². The summed E-state index contributed by atoms with van der Waals surface area (Å²) >= 11 is 12.1.